The van der Waals surface area contributed by atoms with Crippen LogP contribution in [0.2, 0.25) is 0 Å². The number of nitrogens with two attached hydrogens (primary N) is 3. The van der Waals surface area contributed by atoms with Crippen LogP contribution in [0.3, 0.4) is 0 Å². The highest BCUT2D eigenvalue weighted by Gasteiger charge is 2.29. The number of carboxylic acids is 3. The Balaban J connectivity index is 4.95. The molecule has 29 heavy (non-hydrogen) atoms. The van der Waals surface area contributed by atoms with Crippen LogP contribution in [0.5, 0.6) is 0 Å². The van der Waals surface area contributed by atoms with Crippen molar-refractivity contribution in [3.05, 3.63) is 0 Å². The van der Waals surface area contributed by atoms with Crippen molar-refractivity contribution >= 4 is 35.7 Å². The Bertz CT molecular complexity index is 649. The minimum Gasteiger partial charge on any atom is -0.481 e. The summed E-state index contributed by atoms with van der Waals surface area (Å²) in [5.74, 6) is -6.25. The molecule has 0 fully saturated rings. The van der Waals surface area contributed by atoms with E-state index in [1.807, 2.05) is 5.32 Å². The second-order valence-electron chi connectivity index (χ2n) is 6.05. The van der Waals surface area contributed by atoms with Crippen LogP contribution in [0.1, 0.15) is 32.1 Å². The van der Waals surface area contributed by atoms with Gasteiger partial charge in [-0.25, -0.2) is 4.79 Å². The molecule has 0 aromatic heterocycles. The summed E-state index contributed by atoms with van der Waals surface area (Å²) in [5, 5.41) is 30.8. The number of carbonyl (C=O) groups is 5. The number of rotatable bonds is 14. The number of carbonyl (C=O) groups excluding carboxylic acids is 2. The smallest absolute Gasteiger partial charge is 0.326 e. The molecule has 11 N–H and O–H groups in total. The first-order valence-electron chi connectivity index (χ1n) is 8.52. The number of aliphatic carboxylic acids is 3. The van der Waals surface area contributed by atoms with Gasteiger partial charge in [0.25, 0.3) is 0 Å². The number of nitrogens with zero attached hydrogens (tertiary/aromatic N) is 1. The molecule has 0 radical (unpaired) electrons. The van der Waals surface area contributed by atoms with Gasteiger partial charge in [-0.1, -0.05) is 0 Å². The zero-order chi connectivity index (χ0) is 22.6. The van der Waals surface area contributed by atoms with Gasteiger partial charge in [0.1, 0.15) is 12.1 Å². The Hall–Kier alpha value is -3.42. The van der Waals surface area contributed by atoms with E-state index in [0.29, 0.717) is 6.42 Å². The first-order chi connectivity index (χ1) is 13.4. The van der Waals surface area contributed by atoms with Crippen molar-refractivity contribution in [1.82, 2.24) is 10.6 Å². The van der Waals surface area contributed by atoms with Crippen LogP contribution in [-0.4, -0.2) is 75.7 Å². The number of aliphatic imine (C=N–C) groups is 1. The maximum absolute atomic E-state index is 12.2. The molecule has 0 heterocycles. The van der Waals surface area contributed by atoms with Crippen LogP contribution >= 0.6 is 0 Å². The maximum Gasteiger partial charge on any atom is 0.326 e. The summed E-state index contributed by atoms with van der Waals surface area (Å²) in [6.45, 7) is 0.215. The van der Waals surface area contributed by atoms with Gasteiger partial charge < -0.3 is 43.2 Å². The predicted octanol–water partition coefficient (Wildman–Crippen LogP) is -3.24. The van der Waals surface area contributed by atoms with E-state index in [1.165, 1.54) is 0 Å². The summed E-state index contributed by atoms with van der Waals surface area (Å²) in [5.41, 5.74) is 16.0. The zero-order valence-electron chi connectivity index (χ0n) is 15.5. The molecule has 0 unspecified atom stereocenters. The number of amides is 2. The molecular formula is C15H26N6O8. The van der Waals surface area contributed by atoms with Crippen molar-refractivity contribution in [3.8, 4) is 0 Å². The minimum atomic E-state index is -1.60. The average molecular weight is 418 g/mol. The van der Waals surface area contributed by atoms with Gasteiger partial charge in [0, 0.05) is 13.0 Å². The van der Waals surface area contributed by atoms with Gasteiger partial charge in [-0.05, 0) is 19.3 Å². The van der Waals surface area contributed by atoms with E-state index in [9.17, 15) is 24.0 Å². The normalized spacial score (nSPS) is 13.4. The first-order valence-corrected chi connectivity index (χ1v) is 8.52. The maximum atomic E-state index is 12.2. The van der Waals surface area contributed by atoms with Crippen molar-refractivity contribution in [1.29, 1.82) is 0 Å². The topological polar surface area (TPSA) is 261 Å². The SMILES string of the molecule is NC(N)=NCCC[C@H](N)C(=O)N[C@@H](CC(=O)O)C(=O)N[C@@H](CCC(=O)O)C(=O)O. The lowest BCUT2D eigenvalue weighted by molar-refractivity contribution is -0.144. The Morgan fingerprint density at radius 1 is 0.862 bits per heavy atom. The monoisotopic (exact) mass is 418 g/mol. The Morgan fingerprint density at radius 3 is 1.93 bits per heavy atom. The molecule has 14 heteroatoms. The number of carboxylic acid groups (broad SMARTS) is 3. The lowest BCUT2D eigenvalue weighted by Crippen LogP contribution is -2.55. The van der Waals surface area contributed by atoms with Gasteiger partial charge in [0.05, 0.1) is 12.5 Å². The molecule has 0 spiro atoms. The van der Waals surface area contributed by atoms with E-state index in [2.05, 4.69) is 10.3 Å². The summed E-state index contributed by atoms with van der Waals surface area (Å²) in [7, 11) is 0. The van der Waals surface area contributed by atoms with E-state index >= 15 is 0 Å². The predicted molar refractivity (Wildman–Crippen MR) is 98.5 cm³/mol. The van der Waals surface area contributed by atoms with Gasteiger partial charge >= 0.3 is 17.9 Å². The van der Waals surface area contributed by atoms with Gasteiger partial charge in [-0.2, -0.15) is 0 Å². The lowest BCUT2D eigenvalue weighted by Gasteiger charge is -2.21. The van der Waals surface area contributed by atoms with Gasteiger partial charge in [0.15, 0.2) is 5.96 Å². The molecule has 0 aliphatic heterocycles. The highest BCUT2D eigenvalue weighted by atomic mass is 16.4. The Labute approximate surface area is 165 Å². The molecule has 0 aliphatic rings. The second-order valence-corrected chi connectivity index (χ2v) is 6.05. The van der Waals surface area contributed by atoms with Crippen molar-refractivity contribution < 1.29 is 39.3 Å². The molecule has 0 aromatic carbocycles. The molecule has 0 saturated carbocycles. The van der Waals surface area contributed by atoms with Crippen molar-refractivity contribution in [3.63, 3.8) is 0 Å². The van der Waals surface area contributed by atoms with E-state index in [1.54, 1.807) is 0 Å². The number of hydrogen-bond donors (Lipinski definition) is 8. The standard InChI is InChI=1S/C15H26N6O8/c16-7(2-1-5-19-15(17)18)12(26)21-9(6-11(24)25)13(27)20-8(14(28)29)3-4-10(22)23/h7-9H,1-6,16H2,(H,20,27)(H,21,26)(H,22,23)(H,24,25)(H,28,29)(H4,17,18,19)/t7-,8-,9-/m0/s1. The van der Waals surface area contributed by atoms with Gasteiger partial charge in [-0.3, -0.25) is 24.2 Å². The van der Waals surface area contributed by atoms with Crippen LogP contribution in [-0.2, 0) is 24.0 Å². The molecule has 0 aliphatic carbocycles. The summed E-state index contributed by atoms with van der Waals surface area (Å²) in [4.78, 5) is 60.8. The summed E-state index contributed by atoms with van der Waals surface area (Å²) in [6, 6.07) is -4.26. The minimum absolute atomic E-state index is 0.128. The fraction of sp³-hybridized carbons (Fsp3) is 0.600. The van der Waals surface area contributed by atoms with Crippen LogP contribution < -0.4 is 27.8 Å². The van der Waals surface area contributed by atoms with Crippen LogP contribution in [0, 0.1) is 0 Å². The number of guanidine groups is 1. The molecule has 14 nitrogen and oxygen atoms in total. The van der Waals surface area contributed by atoms with E-state index in [4.69, 9.17) is 32.5 Å². The van der Waals surface area contributed by atoms with E-state index in [-0.39, 0.29) is 18.9 Å². The Kier molecular flexibility index (Phi) is 11.4. The summed E-state index contributed by atoms with van der Waals surface area (Å²) in [6.07, 6.45) is -1.30. The van der Waals surface area contributed by atoms with Crippen LogP contribution in [0.25, 0.3) is 0 Å². The third-order valence-corrected chi connectivity index (χ3v) is 3.58. The fourth-order valence-corrected chi connectivity index (χ4v) is 2.11. The van der Waals surface area contributed by atoms with Crippen LogP contribution in [0.4, 0.5) is 0 Å². The number of hydrogen-bond acceptors (Lipinski definition) is 7. The highest BCUT2D eigenvalue weighted by molar-refractivity contribution is 5.94. The number of nitrogens with one attached hydrogen (secondary N) is 2. The fourth-order valence-electron chi connectivity index (χ4n) is 2.11. The van der Waals surface area contributed by atoms with Crippen molar-refractivity contribution in [2.75, 3.05) is 6.54 Å². The largest absolute Gasteiger partial charge is 0.481 e. The molecule has 0 bridgehead atoms. The second kappa shape index (κ2) is 12.9. The zero-order valence-corrected chi connectivity index (χ0v) is 15.5. The third kappa shape index (κ3) is 11.8. The first kappa shape index (κ1) is 25.6. The molecule has 0 rings (SSSR count). The Morgan fingerprint density at radius 2 is 1.45 bits per heavy atom. The van der Waals surface area contributed by atoms with E-state index in [0.717, 1.165) is 0 Å². The molecule has 0 saturated heterocycles. The quantitative estimate of drug-likeness (QED) is 0.0789. The van der Waals surface area contributed by atoms with Crippen LogP contribution in [0.15, 0.2) is 4.99 Å². The van der Waals surface area contributed by atoms with Crippen molar-refractivity contribution in [2.45, 2.75) is 50.2 Å². The summed E-state index contributed by atoms with van der Waals surface area (Å²) < 4.78 is 0. The van der Waals surface area contributed by atoms with Gasteiger partial charge in [0.2, 0.25) is 11.8 Å². The lowest BCUT2D eigenvalue weighted by atomic mass is 10.1. The third-order valence-electron chi connectivity index (χ3n) is 3.58. The average Bonchev–Trinajstić information content (AvgIpc) is 2.60. The van der Waals surface area contributed by atoms with E-state index < -0.39 is 67.1 Å². The highest BCUT2D eigenvalue weighted by Crippen LogP contribution is 2.03. The molecule has 3 atom stereocenters. The molecular weight excluding hydrogens is 392 g/mol. The summed E-state index contributed by atoms with van der Waals surface area (Å²) >= 11 is 0. The van der Waals surface area contributed by atoms with Crippen molar-refractivity contribution in [2.24, 2.45) is 22.2 Å². The molecule has 0 aromatic rings. The van der Waals surface area contributed by atoms with Gasteiger partial charge in [-0.15, -0.1) is 0 Å². The molecule has 2 amide bonds. The molecule has 164 valence electrons.